The average molecular weight is 389 g/mol. The van der Waals surface area contributed by atoms with E-state index in [1.165, 1.54) is 6.07 Å². The van der Waals surface area contributed by atoms with Crippen LogP contribution in [0.4, 0.5) is 5.69 Å². The van der Waals surface area contributed by atoms with E-state index in [9.17, 15) is 14.4 Å². The Balaban J connectivity index is 1.70. The number of carbonyl (C=O) groups is 3. The zero-order valence-electron chi connectivity index (χ0n) is 15.1. The number of nitrogens with one attached hydrogen (secondary N) is 4. The monoisotopic (exact) mass is 388 g/mol. The van der Waals surface area contributed by atoms with Crippen molar-refractivity contribution in [2.45, 2.75) is 13.8 Å². The van der Waals surface area contributed by atoms with Gasteiger partial charge in [0.05, 0.1) is 13.1 Å². The molecule has 2 aromatic carbocycles. The second-order valence-electron chi connectivity index (χ2n) is 5.96. The maximum Gasteiger partial charge on any atom is 0.257 e. The molecule has 7 nitrogen and oxygen atoms in total. The average Bonchev–Trinajstić information content (AvgIpc) is 2.63. The SMILES string of the molecule is Cc1ccc(NCC(=O)NNC(=O)CNC(=O)c2cccc(Cl)c2)c(C)c1. The first-order valence-electron chi connectivity index (χ1n) is 8.27. The van der Waals surface area contributed by atoms with Crippen LogP contribution in [-0.4, -0.2) is 30.8 Å². The summed E-state index contributed by atoms with van der Waals surface area (Å²) in [5, 5.41) is 5.87. The van der Waals surface area contributed by atoms with Gasteiger partial charge in [-0.15, -0.1) is 0 Å². The van der Waals surface area contributed by atoms with Gasteiger partial charge in [-0.1, -0.05) is 35.4 Å². The molecule has 0 aliphatic heterocycles. The lowest BCUT2D eigenvalue weighted by molar-refractivity contribution is -0.127. The highest BCUT2D eigenvalue weighted by Gasteiger charge is 2.09. The zero-order valence-corrected chi connectivity index (χ0v) is 15.8. The summed E-state index contributed by atoms with van der Waals surface area (Å²) in [5.41, 5.74) is 7.87. The summed E-state index contributed by atoms with van der Waals surface area (Å²) >= 11 is 5.81. The second kappa shape index (κ2) is 9.59. The number of carbonyl (C=O) groups excluding carboxylic acids is 3. The molecule has 0 saturated heterocycles. The van der Waals surface area contributed by atoms with Gasteiger partial charge in [0.2, 0.25) is 0 Å². The fourth-order valence-electron chi connectivity index (χ4n) is 2.31. The van der Waals surface area contributed by atoms with Crippen LogP contribution < -0.4 is 21.5 Å². The predicted octanol–water partition coefficient (Wildman–Crippen LogP) is 1.95. The lowest BCUT2D eigenvalue weighted by atomic mass is 10.1. The maximum absolute atomic E-state index is 11.9. The summed E-state index contributed by atoms with van der Waals surface area (Å²) in [6.45, 7) is 3.65. The van der Waals surface area contributed by atoms with Crippen LogP contribution in [0.2, 0.25) is 5.02 Å². The number of amides is 3. The van der Waals surface area contributed by atoms with E-state index < -0.39 is 17.7 Å². The van der Waals surface area contributed by atoms with Gasteiger partial charge in [-0.2, -0.15) is 0 Å². The molecular formula is C19H21ClN4O3. The molecule has 0 heterocycles. The summed E-state index contributed by atoms with van der Waals surface area (Å²) < 4.78 is 0. The van der Waals surface area contributed by atoms with Gasteiger partial charge in [-0.05, 0) is 43.7 Å². The van der Waals surface area contributed by atoms with Crippen molar-refractivity contribution in [3.63, 3.8) is 0 Å². The zero-order chi connectivity index (χ0) is 19.8. The van der Waals surface area contributed by atoms with Gasteiger partial charge in [-0.3, -0.25) is 25.2 Å². The van der Waals surface area contributed by atoms with Crippen molar-refractivity contribution in [1.29, 1.82) is 0 Å². The first kappa shape index (κ1) is 20.3. The first-order chi connectivity index (χ1) is 12.8. The van der Waals surface area contributed by atoms with Gasteiger partial charge >= 0.3 is 0 Å². The van der Waals surface area contributed by atoms with Crippen molar-refractivity contribution in [2.24, 2.45) is 0 Å². The molecule has 0 atom stereocenters. The van der Waals surface area contributed by atoms with Gasteiger partial charge in [-0.25, -0.2) is 0 Å². The molecule has 27 heavy (non-hydrogen) atoms. The number of benzene rings is 2. The van der Waals surface area contributed by atoms with Crippen molar-refractivity contribution in [2.75, 3.05) is 18.4 Å². The molecule has 0 aliphatic carbocycles. The van der Waals surface area contributed by atoms with Crippen LogP contribution in [0.25, 0.3) is 0 Å². The Labute approximate surface area is 162 Å². The van der Waals surface area contributed by atoms with Crippen molar-refractivity contribution in [1.82, 2.24) is 16.2 Å². The van der Waals surface area contributed by atoms with E-state index in [2.05, 4.69) is 21.5 Å². The summed E-state index contributed by atoms with van der Waals surface area (Å²) in [5.74, 6) is -1.40. The van der Waals surface area contributed by atoms with Crippen molar-refractivity contribution >= 4 is 35.0 Å². The molecule has 4 N–H and O–H groups in total. The quantitative estimate of drug-likeness (QED) is 0.568. The number of hydrogen-bond donors (Lipinski definition) is 4. The number of rotatable bonds is 6. The van der Waals surface area contributed by atoms with E-state index in [1.54, 1.807) is 18.2 Å². The highest BCUT2D eigenvalue weighted by molar-refractivity contribution is 6.31. The van der Waals surface area contributed by atoms with Crippen LogP contribution in [0.5, 0.6) is 0 Å². The third-order valence-corrected chi connectivity index (χ3v) is 3.89. The van der Waals surface area contributed by atoms with Crippen LogP contribution in [0.1, 0.15) is 21.5 Å². The topological polar surface area (TPSA) is 99.3 Å². The van der Waals surface area contributed by atoms with Crippen LogP contribution in [0.3, 0.4) is 0 Å². The largest absolute Gasteiger partial charge is 0.376 e. The molecule has 142 valence electrons. The van der Waals surface area contributed by atoms with Gasteiger partial charge in [0.25, 0.3) is 17.7 Å². The lowest BCUT2D eigenvalue weighted by Gasteiger charge is -2.11. The normalized spacial score (nSPS) is 10.0. The summed E-state index contributed by atoms with van der Waals surface area (Å²) in [6.07, 6.45) is 0. The molecule has 0 fully saturated rings. The number of halogens is 1. The number of aryl methyl sites for hydroxylation is 2. The summed E-state index contributed by atoms with van der Waals surface area (Å²) in [7, 11) is 0. The number of hydrazine groups is 1. The number of anilines is 1. The fraction of sp³-hybridized carbons (Fsp3) is 0.211. The molecule has 3 amide bonds. The first-order valence-corrected chi connectivity index (χ1v) is 8.65. The molecule has 0 saturated carbocycles. The van der Waals surface area contributed by atoms with Gasteiger partial charge in [0.1, 0.15) is 0 Å². The molecule has 0 aromatic heterocycles. The molecule has 0 aliphatic rings. The molecule has 8 heteroatoms. The lowest BCUT2D eigenvalue weighted by Crippen LogP contribution is -2.48. The van der Waals surface area contributed by atoms with E-state index in [0.717, 1.165) is 16.8 Å². The van der Waals surface area contributed by atoms with Crippen LogP contribution in [0, 0.1) is 13.8 Å². The Hall–Kier alpha value is -3.06. The molecular weight excluding hydrogens is 368 g/mol. The van der Waals surface area contributed by atoms with Crippen molar-refractivity contribution < 1.29 is 14.4 Å². The summed E-state index contributed by atoms with van der Waals surface area (Å²) in [4.78, 5) is 35.4. The molecule has 0 radical (unpaired) electrons. The van der Waals surface area contributed by atoms with E-state index in [0.29, 0.717) is 10.6 Å². The highest BCUT2D eigenvalue weighted by Crippen LogP contribution is 2.15. The van der Waals surface area contributed by atoms with E-state index in [1.807, 2.05) is 32.0 Å². The maximum atomic E-state index is 11.9. The van der Waals surface area contributed by atoms with Gasteiger partial charge < -0.3 is 10.6 Å². The van der Waals surface area contributed by atoms with E-state index >= 15 is 0 Å². The van der Waals surface area contributed by atoms with Crippen LogP contribution >= 0.6 is 11.6 Å². The van der Waals surface area contributed by atoms with Gasteiger partial charge in [0.15, 0.2) is 0 Å². The molecule has 0 spiro atoms. The third kappa shape index (κ3) is 6.63. The molecule has 2 rings (SSSR count). The van der Waals surface area contributed by atoms with Gasteiger partial charge in [0, 0.05) is 16.3 Å². The van der Waals surface area contributed by atoms with E-state index in [4.69, 9.17) is 11.6 Å². The fourth-order valence-corrected chi connectivity index (χ4v) is 2.50. The smallest absolute Gasteiger partial charge is 0.257 e. The molecule has 2 aromatic rings. The van der Waals surface area contributed by atoms with Crippen LogP contribution in [-0.2, 0) is 9.59 Å². The van der Waals surface area contributed by atoms with E-state index in [-0.39, 0.29) is 13.1 Å². The Morgan fingerprint density at radius 1 is 0.926 bits per heavy atom. The molecule has 0 unspecified atom stereocenters. The number of hydrogen-bond acceptors (Lipinski definition) is 4. The molecule has 0 bridgehead atoms. The second-order valence-corrected chi connectivity index (χ2v) is 6.40. The Morgan fingerprint density at radius 2 is 1.63 bits per heavy atom. The highest BCUT2D eigenvalue weighted by atomic mass is 35.5. The predicted molar refractivity (Wildman–Crippen MR) is 104 cm³/mol. The summed E-state index contributed by atoms with van der Waals surface area (Å²) in [6, 6.07) is 12.2. The Morgan fingerprint density at radius 3 is 2.30 bits per heavy atom. The minimum atomic E-state index is -0.551. The Kier molecular flexibility index (Phi) is 7.19. The van der Waals surface area contributed by atoms with Crippen molar-refractivity contribution in [3.8, 4) is 0 Å². The standard InChI is InChI=1S/C19H21ClN4O3/c1-12-6-7-16(13(2)8-12)21-10-17(25)23-24-18(26)11-22-19(27)14-4-3-5-15(20)9-14/h3-9,21H,10-11H2,1-2H3,(H,22,27)(H,23,25)(H,24,26). The third-order valence-electron chi connectivity index (χ3n) is 3.66. The van der Waals surface area contributed by atoms with Crippen LogP contribution in [0.15, 0.2) is 42.5 Å². The van der Waals surface area contributed by atoms with Crippen molar-refractivity contribution in [3.05, 3.63) is 64.2 Å². The minimum Gasteiger partial charge on any atom is -0.376 e. The Bertz CT molecular complexity index is 855. The minimum absolute atomic E-state index is 0.000938.